The molecule has 2 aromatic rings. The second-order valence-corrected chi connectivity index (χ2v) is 6.14. The van der Waals surface area contributed by atoms with Crippen LogP contribution in [0.1, 0.15) is 35.1 Å². The molecule has 2 N–H and O–H groups in total. The summed E-state index contributed by atoms with van der Waals surface area (Å²) in [5.41, 5.74) is 8.26. The Hall–Kier alpha value is -1.64. The number of hydrogen-bond acceptors (Lipinski definition) is 2. The van der Waals surface area contributed by atoms with E-state index in [1.54, 1.807) is 0 Å². The van der Waals surface area contributed by atoms with Crippen molar-refractivity contribution in [3.8, 4) is 11.1 Å². The van der Waals surface area contributed by atoms with Gasteiger partial charge in [0.2, 0.25) is 0 Å². The standard InChI is InChI=1S/C20H24O2/c21-11-1-3-15-5-9-19-17(13-15)7-8-18-14-16(4-2-12-22)6-10-20(18)19/h5-6,9-10,13-14,21-22H,1-4,7-8,11-12H2. The van der Waals surface area contributed by atoms with Crippen LogP contribution in [0.15, 0.2) is 36.4 Å². The quantitative estimate of drug-likeness (QED) is 0.858. The third-order valence-corrected chi connectivity index (χ3v) is 4.54. The fourth-order valence-electron chi connectivity index (χ4n) is 3.38. The second-order valence-electron chi connectivity index (χ2n) is 6.14. The molecule has 0 fully saturated rings. The molecule has 1 aliphatic carbocycles. The Morgan fingerprint density at radius 2 is 1.14 bits per heavy atom. The minimum atomic E-state index is 0.260. The molecule has 0 aliphatic heterocycles. The van der Waals surface area contributed by atoms with Crippen LogP contribution in [0, 0.1) is 0 Å². The van der Waals surface area contributed by atoms with Crippen LogP contribution in [-0.4, -0.2) is 23.4 Å². The minimum absolute atomic E-state index is 0.260. The van der Waals surface area contributed by atoms with Crippen LogP contribution in [-0.2, 0) is 25.7 Å². The first-order chi connectivity index (χ1) is 10.8. The molecule has 0 saturated heterocycles. The van der Waals surface area contributed by atoms with Gasteiger partial charge in [-0.25, -0.2) is 0 Å². The molecular formula is C20H24O2. The Balaban J connectivity index is 1.86. The maximum Gasteiger partial charge on any atom is 0.0434 e. The number of aryl methyl sites for hydroxylation is 4. The highest BCUT2D eigenvalue weighted by Crippen LogP contribution is 2.34. The van der Waals surface area contributed by atoms with Crippen LogP contribution in [0.5, 0.6) is 0 Å². The van der Waals surface area contributed by atoms with Crippen LogP contribution in [0.2, 0.25) is 0 Å². The first-order valence-electron chi connectivity index (χ1n) is 8.27. The topological polar surface area (TPSA) is 40.5 Å². The van der Waals surface area contributed by atoms with E-state index in [0.717, 1.165) is 38.5 Å². The van der Waals surface area contributed by atoms with Gasteiger partial charge in [-0.2, -0.15) is 0 Å². The van der Waals surface area contributed by atoms with Crippen LogP contribution >= 0.6 is 0 Å². The molecule has 1 aliphatic rings. The molecule has 3 rings (SSSR count). The highest BCUT2D eigenvalue weighted by atomic mass is 16.3. The highest BCUT2D eigenvalue weighted by molar-refractivity contribution is 5.73. The molecule has 0 heterocycles. The van der Waals surface area contributed by atoms with Gasteiger partial charge in [-0.05, 0) is 71.9 Å². The molecule has 0 spiro atoms. The van der Waals surface area contributed by atoms with Crippen molar-refractivity contribution in [2.75, 3.05) is 13.2 Å². The van der Waals surface area contributed by atoms with E-state index in [1.165, 1.54) is 33.4 Å². The van der Waals surface area contributed by atoms with Crippen molar-refractivity contribution >= 4 is 0 Å². The van der Waals surface area contributed by atoms with Crippen LogP contribution in [0.25, 0.3) is 11.1 Å². The van der Waals surface area contributed by atoms with Crippen LogP contribution in [0.4, 0.5) is 0 Å². The van der Waals surface area contributed by atoms with Crippen molar-refractivity contribution in [2.45, 2.75) is 38.5 Å². The molecule has 0 bridgehead atoms. The van der Waals surface area contributed by atoms with Gasteiger partial charge in [-0.1, -0.05) is 36.4 Å². The van der Waals surface area contributed by atoms with E-state index in [-0.39, 0.29) is 13.2 Å². The molecule has 2 nitrogen and oxygen atoms in total. The maximum absolute atomic E-state index is 8.97. The summed E-state index contributed by atoms with van der Waals surface area (Å²) in [6, 6.07) is 13.5. The van der Waals surface area contributed by atoms with Gasteiger partial charge in [0, 0.05) is 13.2 Å². The summed E-state index contributed by atoms with van der Waals surface area (Å²) in [5.74, 6) is 0. The number of rotatable bonds is 6. The highest BCUT2D eigenvalue weighted by Gasteiger charge is 2.16. The fourth-order valence-corrected chi connectivity index (χ4v) is 3.38. The molecule has 0 aromatic heterocycles. The molecule has 2 heteroatoms. The molecule has 0 radical (unpaired) electrons. The van der Waals surface area contributed by atoms with E-state index in [9.17, 15) is 0 Å². The Morgan fingerprint density at radius 1 is 0.682 bits per heavy atom. The first kappa shape index (κ1) is 15.3. The lowest BCUT2D eigenvalue weighted by Crippen LogP contribution is -2.06. The third-order valence-electron chi connectivity index (χ3n) is 4.54. The Kier molecular flexibility index (Phi) is 4.91. The van der Waals surface area contributed by atoms with Gasteiger partial charge in [-0.15, -0.1) is 0 Å². The van der Waals surface area contributed by atoms with Gasteiger partial charge in [-0.3, -0.25) is 0 Å². The SMILES string of the molecule is OCCCc1ccc2c(c1)CCc1cc(CCCO)ccc1-2. The molecule has 0 amide bonds. The summed E-state index contributed by atoms with van der Waals surface area (Å²) < 4.78 is 0. The zero-order chi connectivity index (χ0) is 15.4. The van der Waals surface area contributed by atoms with Gasteiger partial charge < -0.3 is 10.2 Å². The predicted molar refractivity (Wildman–Crippen MR) is 90.1 cm³/mol. The number of aliphatic hydroxyl groups is 2. The Bertz CT molecular complexity index is 589. The van der Waals surface area contributed by atoms with E-state index in [0.29, 0.717) is 0 Å². The Morgan fingerprint density at radius 3 is 1.55 bits per heavy atom. The summed E-state index contributed by atoms with van der Waals surface area (Å²) >= 11 is 0. The maximum atomic E-state index is 8.97. The number of hydrogen-bond donors (Lipinski definition) is 2. The van der Waals surface area contributed by atoms with Crippen molar-refractivity contribution in [3.05, 3.63) is 58.7 Å². The Labute approximate surface area is 132 Å². The van der Waals surface area contributed by atoms with Crippen molar-refractivity contribution < 1.29 is 10.2 Å². The average Bonchev–Trinajstić information content (AvgIpc) is 2.57. The lowest BCUT2D eigenvalue weighted by Gasteiger charge is -2.21. The number of fused-ring (bicyclic) bond motifs is 3. The summed E-state index contributed by atoms with van der Waals surface area (Å²) in [6.07, 6.45) is 5.78. The largest absolute Gasteiger partial charge is 0.396 e. The fraction of sp³-hybridized carbons (Fsp3) is 0.400. The molecule has 116 valence electrons. The van der Waals surface area contributed by atoms with Crippen LogP contribution < -0.4 is 0 Å². The molecule has 2 aromatic carbocycles. The van der Waals surface area contributed by atoms with E-state index in [4.69, 9.17) is 10.2 Å². The normalized spacial score (nSPS) is 12.8. The first-order valence-corrected chi connectivity index (χ1v) is 8.27. The monoisotopic (exact) mass is 296 g/mol. The van der Waals surface area contributed by atoms with E-state index >= 15 is 0 Å². The second kappa shape index (κ2) is 7.08. The third kappa shape index (κ3) is 3.23. The van der Waals surface area contributed by atoms with Gasteiger partial charge in [0.05, 0.1) is 0 Å². The van der Waals surface area contributed by atoms with Gasteiger partial charge in [0.1, 0.15) is 0 Å². The molecule has 22 heavy (non-hydrogen) atoms. The lowest BCUT2D eigenvalue weighted by atomic mass is 9.83. The van der Waals surface area contributed by atoms with Gasteiger partial charge in [0.15, 0.2) is 0 Å². The zero-order valence-electron chi connectivity index (χ0n) is 13.0. The van der Waals surface area contributed by atoms with Gasteiger partial charge >= 0.3 is 0 Å². The number of aliphatic hydroxyl groups excluding tert-OH is 2. The lowest BCUT2D eigenvalue weighted by molar-refractivity contribution is 0.288. The van der Waals surface area contributed by atoms with Crippen molar-refractivity contribution in [3.63, 3.8) is 0 Å². The summed E-state index contributed by atoms with van der Waals surface area (Å²) in [4.78, 5) is 0. The molecule has 0 unspecified atom stereocenters. The smallest absolute Gasteiger partial charge is 0.0434 e. The molecule has 0 saturated carbocycles. The van der Waals surface area contributed by atoms with Crippen LogP contribution in [0.3, 0.4) is 0 Å². The van der Waals surface area contributed by atoms with E-state index in [2.05, 4.69) is 36.4 Å². The van der Waals surface area contributed by atoms with E-state index < -0.39 is 0 Å². The van der Waals surface area contributed by atoms with Crippen molar-refractivity contribution in [1.82, 2.24) is 0 Å². The summed E-state index contributed by atoms with van der Waals surface area (Å²) in [6.45, 7) is 0.521. The van der Waals surface area contributed by atoms with Gasteiger partial charge in [0.25, 0.3) is 0 Å². The van der Waals surface area contributed by atoms with Crippen molar-refractivity contribution in [2.24, 2.45) is 0 Å². The minimum Gasteiger partial charge on any atom is -0.396 e. The summed E-state index contributed by atoms with van der Waals surface area (Å²) in [5, 5.41) is 17.9. The molecule has 0 atom stereocenters. The average molecular weight is 296 g/mol. The van der Waals surface area contributed by atoms with E-state index in [1.807, 2.05) is 0 Å². The molecular weight excluding hydrogens is 272 g/mol. The number of benzene rings is 2. The predicted octanol–water partition coefficient (Wildman–Crippen LogP) is 3.30. The summed E-state index contributed by atoms with van der Waals surface area (Å²) in [7, 11) is 0. The zero-order valence-corrected chi connectivity index (χ0v) is 13.0. The van der Waals surface area contributed by atoms with Crippen molar-refractivity contribution in [1.29, 1.82) is 0 Å².